The lowest BCUT2D eigenvalue weighted by atomic mass is 10.2. The molecule has 1 saturated heterocycles. The van der Waals surface area contributed by atoms with Crippen molar-refractivity contribution >= 4 is 23.0 Å². The molecule has 1 aromatic carbocycles. The number of likely N-dealkylation sites (N-methyl/N-ethyl adjacent to an activating group) is 1. The first kappa shape index (κ1) is 14.3. The summed E-state index contributed by atoms with van der Waals surface area (Å²) in [5.41, 5.74) is 1.34. The molecule has 1 heterocycles. The zero-order valence-electron chi connectivity index (χ0n) is 11.7. The standard InChI is InChI=1S/C13H18N4O3/c1-10(18)14-12-9-11(17(19)20)3-4-13(12)16-7-5-15(2)6-8-16/h3-4,9H,5-8H2,1-2H3,(H,14,18)/p+1. The summed E-state index contributed by atoms with van der Waals surface area (Å²) < 4.78 is 0. The molecule has 1 amide bonds. The van der Waals surface area contributed by atoms with Crippen molar-refractivity contribution in [2.45, 2.75) is 6.92 Å². The second-order valence-electron chi connectivity index (χ2n) is 5.08. The normalized spacial score (nSPS) is 16.0. The molecule has 0 aromatic heterocycles. The molecule has 0 unspecified atom stereocenters. The van der Waals surface area contributed by atoms with Gasteiger partial charge in [0.25, 0.3) is 5.69 Å². The average molecular weight is 279 g/mol. The highest BCUT2D eigenvalue weighted by atomic mass is 16.6. The van der Waals surface area contributed by atoms with E-state index in [9.17, 15) is 14.9 Å². The molecule has 0 saturated carbocycles. The third-order valence-electron chi connectivity index (χ3n) is 3.46. The van der Waals surface area contributed by atoms with Crippen LogP contribution in [0.15, 0.2) is 18.2 Å². The maximum Gasteiger partial charge on any atom is 0.271 e. The number of carbonyl (C=O) groups excluding carboxylic acids is 1. The Morgan fingerprint density at radius 2 is 2.05 bits per heavy atom. The number of rotatable bonds is 3. The zero-order valence-corrected chi connectivity index (χ0v) is 11.7. The van der Waals surface area contributed by atoms with Gasteiger partial charge in [0.1, 0.15) is 0 Å². The maximum atomic E-state index is 11.3. The van der Waals surface area contributed by atoms with E-state index in [1.54, 1.807) is 6.07 Å². The molecule has 0 spiro atoms. The molecule has 108 valence electrons. The molecule has 0 aliphatic carbocycles. The smallest absolute Gasteiger partial charge is 0.271 e. The number of hydrogen-bond acceptors (Lipinski definition) is 4. The first-order chi connectivity index (χ1) is 9.47. The number of anilines is 2. The van der Waals surface area contributed by atoms with Gasteiger partial charge in [0.15, 0.2) is 0 Å². The third kappa shape index (κ3) is 3.24. The summed E-state index contributed by atoms with van der Waals surface area (Å²) in [6.07, 6.45) is 0. The Hall–Kier alpha value is -2.15. The monoisotopic (exact) mass is 279 g/mol. The van der Waals surface area contributed by atoms with Gasteiger partial charge >= 0.3 is 0 Å². The lowest BCUT2D eigenvalue weighted by molar-refractivity contribution is -0.880. The number of amides is 1. The van der Waals surface area contributed by atoms with Crippen molar-refractivity contribution in [1.29, 1.82) is 0 Å². The van der Waals surface area contributed by atoms with E-state index in [0.29, 0.717) is 5.69 Å². The number of nitrogens with one attached hydrogen (secondary N) is 2. The van der Waals surface area contributed by atoms with E-state index in [2.05, 4.69) is 17.3 Å². The van der Waals surface area contributed by atoms with Crippen molar-refractivity contribution in [3.05, 3.63) is 28.3 Å². The zero-order chi connectivity index (χ0) is 14.7. The van der Waals surface area contributed by atoms with E-state index >= 15 is 0 Å². The summed E-state index contributed by atoms with van der Waals surface area (Å²) in [6.45, 7) is 5.16. The third-order valence-corrected chi connectivity index (χ3v) is 3.46. The molecule has 7 heteroatoms. The van der Waals surface area contributed by atoms with E-state index in [1.165, 1.54) is 24.0 Å². The number of quaternary nitrogens is 1. The minimum Gasteiger partial charge on any atom is -0.359 e. The Kier molecular flexibility index (Phi) is 4.19. The summed E-state index contributed by atoms with van der Waals surface area (Å²) >= 11 is 0. The molecular weight excluding hydrogens is 260 g/mol. The van der Waals surface area contributed by atoms with E-state index in [0.717, 1.165) is 31.9 Å². The second-order valence-corrected chi connectivity index (χ2v) is 5.08. The summed E-state index contributed by atoms with van der Waals surface area (Å²) in [7, 11) is 2.14. The topological polar surface area (TPSA) is 79.9 Å². The molecule has 0 radical (unpaired) electrons. The molecule has 1 aliphatic heterocycles. The first-order valence-electron chi connectivity index (χ1n) is 6.59. The van der Waals surface area contributed by atoms with Crippen molar-refractivity contribution in [1.82, 2.24) is 0 Å². The quantitative estimate of drug-likeness (QED) is 0.597. The van der Waals surface area contributed by atoms with Crippen LogP contribution >= 0.6 is 0 Å². The van der Waals surface area contributed by atoms with Gasteiger partial charge in [-0.25, -0.2) is 0 Å². The van der Waals surface area contributed by atoms with Gasteiger partial charge in [0.2, 0.25) is 5.91 Å². The second kappa shape index (κ2) is 5.87. The Morgan fingerprint density at radius 1 is 1.40 bits per heavy atom. The van der Waals surface area contributed by atoms with Crippen molar-refractivity contribution in [3.63, 3.8) is 0 Å². The number of hydrogen-bond donors (Lipinski definition) is 2. The molecule has 7 nitrogen and oxygen atoms in total. The van der Waals surface area contributed by atoms with Crippen LogP contribution in [-0.2, 0) is 4.79 Å². The van der Waals surface area contributed by atoms with Crippen LogP contribution in [0.1, 0.15) is 6.92 Å². The van der Waals surface area contributed by atoms with Crippen LogP contribution in [0.3, 0.4) is 0 Å². The minimum absolute atomic E-state index is 0.0164. The predicted molar refractivity (Wildman–Crippen MR) is 76.2 cm³/mol. The lowest BCUT2D eigenvalue weighted by Crippen LogP contribution is -3.12. The lowest BCUT2D eigenvalue weighted by Gasteiger charge is -2.32. The average Bonchev–Trinajstić information content (AvgIpc) is 2.39. The summed E-state index contributed by atoms with van der Waals surface area (Å²) in [6, 6.07) is 4.61. The number of nitro groups is 1. The van der Waals surface area contributed by atoms with Gasteiger partial charge in [-0.05, 0) is 6.07 Å². The molecule has 1 aromatic rings. The van der Waals surface area contributed by atoms with Gasteiger partial charge in [-0.3, -0.25) is 14.9 Å². The van der Waals surface area contributed by atoms with Crippen LogP contribution in [0.5, 0.6) is 0 Å². The molecule has 0 bridgehead atoms. The van der Waals surface area contributed by atoms with Gasteiger partial charge in [0, 0.05) is 19.1 Å². The molecule has 1 aliphatic rings. The molecule has 2 rings (SSSR count). The fraction of sp³-hybridized carbons (Fsp3) is 0.462. The number of nitrogens with zero attached hydrogens (tertiary/aromatic N) is 2. The molecule has 1 fully saturated rings. The van der Waals surface area contributed by atoms with Crippen molar-refractivity contribution in [3.8, 4) is 0 Å². The fourth-order valence-electron chi connectivity index (χ4n) is 2.33. The van der Waals surface area contributed by atoms with Crippen molar-refractivity contribution in [2.75, 3.05) is 43.4 Å². The largest absolute Gasteiger partial charge is 0.359 e. The minimum atomic E-state index is -0.455. The fourth-order valence-corrected chi connectivity index (χ4v) is 2.33. The van der Waals surface area contributed by atoms with Gasteiger partial charge < -0.3 is 15.1 Å². The van der Waals surface area contributed by atoms with Gasteiger partial charge in [-0.2, -0.15) is 0 Å². The van der Waals surface area contributed by atoms with Crippen LogP contribution < -0.4 is 15.1 Å². The van der Waals surface area contributed by atoms with Gasteiger partial charge in [-0.15, -0.1) is 0 Å². The molecule has 20 heavy (non-hydrogen) atoms. The van der Waals surface area contributed by atoms with Crippen LogP contribution in [0.2, 0.25) is 0 Å². The molecular formula is C13H19N4O3+. The molecule has 0 atom stereocenters. The maximum absolute atomic E-state index is 11.3. The van der Waals surface area contributed by atoms with Crippen LogP contribution in [-0.4, -0.2) is 44.1 Å². The summed E-state index contributed by atoms with van der Waals surface area (Å²) in [5.74, 6) is -0.230. The highest BCUT2D eigenvalue weighted by Gasteiger charge is 2.21. The van der Waals surface area contributed by atoms with Gasteiger partial charge in [0.05, 0.1) is 49.5 Å². The number of benzene rings is 1. The summed E-state index contributed by atoms with van der Waals surface area (Å²) in [5, 5.41) is 13.5. The number of carbonyl (C=O) groups is 1. The number of piperazine rings is 1. The number of nitro benzene ring substituents is 1. The van der Waals surface area contributed by atoms with Crippen LogP contribution in [0, 0.1) is 10.1 Å². The number of non-ortho nitro benzene ring substituents is 1. The van der Waals surface area contributed by atoms with E-state index in [1.807, 2.05) is 0 Å². The predicted octanol–water partition coefficient (Wildman–Crippen LogP) is -0.112. The Labute approximate surface area is 117 Å². The van der Waals surface area contributed by atoms with E-state index < -0.39 is 4.92 Å². The van der Waals surface area contributed by atoms with E-state index in [-0.39, 0.29) is 11.6 Å². The Bertz CT molecular complexity index is 524. The Balaban J connectivity index is 2.30. The Morgan fingerprint density at radius 3 is 2.60 bits per heavy atom. The first-order valence-corrected chi connectivity index (χ1v) is 6.59. The van der Waals surface area contributed by atoms with Crippen molar-refractivity contribution in [2.24, 2.45) is 0 Å². The highest BCUT2D eigenvalue weighted by Crippen LogP contribution is 2.30. The highest BCUT2D eigenvalue weighted by molar-refractivity contribution is 5.93. The molecule has 2 N–H and O–H groups in total. The summed E-state index contributed by atoms with van der Waals surface area (Å²) in [4.78, 5) is 25.3. The SMILES string of the molecule is CC(=O)Nc1cc([N+](=O)[O-])ccc1N1CC[NH+](C)CC1. The van der Waals surface area contributed by atoms with Gasteiger partial charge in [-0.1, -0.05) is 0 Å². The van der Waals surface area contributed by atoms with Crippen molar-refractivity contribution < 1.29 is 14.6 Å². The van der Waals surface area contributed by atoms with Crippen LogP contribution in [0.25, 0.3) is 0 Å². The van der Waals surface area contributed by atoms with Crippen LogP contribution in [0.4, 0.5) is 17.1 Å². The van der Waals surface area contributed by atoms with E-state index in [4.69, 9.17) is 0 Å².